The SMILES string of the molecule is CCOC(OCC)SCC. The molecule has 0 spiro atoms. The van der Waals surface area contributed by atoms with E-state index in [0.717, 1.165) is 19.0 Å². The summed E-state index contributed by atoms with van der Waals surface area (Å²) in [4.78, 5) is 0. The lowest BCUT2D eigenvalue weighted by Crippen LogP contribution is -2.13. The van der Waals surface area contributed by atoms with E-state index in [1.807, 2.05) is 13.8 Å². The second-order valence-corrected chi connectivity index (χ2v) is 2.95. The Morgan fingerprint density at radius 2 is 1.60 bits per heavy atom. The van der Waals surface area contributed by atoms with Crippen molar-refractivity contribution in [1.29, 1.82) is 0 Å². The molecule has 0 amide bonds. The molecule has 0 atom stereocenters. The zero-order valence-electron chi connectivity index (χ0n) is 6.92. The van der Waals surface area contributed by atoms with Crippen LogP contribution < -0.4 is 0 Å². The van der Waals surface area contributed by atoms with Gasteiger partial charge in [-0.3, -0.25) is 0 Å². The van der Waals surface area contributed by atoms with Crippen LogP contribution >= 0.6 is 11.8 Å². The molecule has 0 aliphatic carbocycles. The van der Waals surface area contributed by atoms with Crippen LogP contribution in [-0.4, -0.2) is 24.6 Å². The number of ether oxygens (including phenoxy) is 2. The Hall–Kier alpha value is 0.270. The highest BCUT2D eigenvalue weighted by Crippen LogP contribution is 2.12. The van der Waals surface area contributed by atoms with E-state index in [9.17, 15) is 0 Å². The molecule has 0 radical (unpaired) electrons. The monoisotopic (exact) mass is 164 g/mol. The topological polar surface area (TPSA) is 18.5 Å². The Kier molecular flexibility index (Phi) is 7.58. The van der Waals surface area contributed by atoms with Crippen LogP contribution in [-0.2, 0) is 9.47 Å². The van der Waals surface area contributed by atoms with Crippen LogP contribution in [0.4, 0.5) is 0 Å². The van der Waals surface area contributed by atoms with Gasteiger partial charge in [-0.05, 0) is 19.6 Å². The van der Waals surface area contributed by atoms with E-state index in [-0.39, 0.29) is 5.62 Å². The fourth-order valence-electron chi connectivity index (χ4n) is 0.553. The van der Waals surface area contributed by atoms with E-state index < -0.39 is 0 Å². The molecule has 10 heavy (non-hydrogen) atoms. The van der Waals surface area contributed by atoms with Gasteiger partial charge in [0.2, 0.25) is 5.62 Å². The third-order valence-corrected chi connectivity index (χ3v) is 1.79. The lowest BCUT2D eigenvalue weighted by molar-refractivity contribution is -0.0736. The number of thioether (sulfide) groups is 1. The summed E-state index contributed by atoms with van der Waals surface area (Å²) < 4.78 is 10.5. The highest BCUT2D eigenvalue weighted by Gasteiger charge is 2.04. The van der Waals surface area contributed by atoms with Crippen molar-refractivity contribution in [3.8, 4) is 0 Å². The fourth-order valence-corrected chi connectivity index (χ4v) is 1.29. The lowest BCUT2D eigenvalue weighted by atomic mass is 10.9. The van der Waals surface area contributed by atoms with Crippen LogP contribution in [0.2, 0.25) is 0 Å². The van der Waals surface area contributed by atoms with E-state index in [1.54, 1.807) is 11.8 Å². The average molecular weight is 164 g/mol. The van der Waals surface area contributed by atoms with E-state index in [0.29, 0.717) is 0 Å². The maximum absolute atomic E-state index is 5.26. The van der Waals surface area contributed by atoms with Crippen molar-refractivity contribution in [2.75, 3.05) is 19.0 Å². The van der Waals surface area contributed by atoms with Gasteiger partial charge in [-0.1, -0.05) is 6.92 Å². The van der Waals surface area contributed by atoms with Crippen molar-refractivity contribution in [3.63, 3.8) is 0 Å². The first-order chi connectivity index (χ1) is 4.85. The first kappa shape index (κ1) is 10.3. The van der Waals surface area contributed by atoms with Gasteiger partial charge in [0.15, 0.2) is 0 Å². The third kappa shape index (κ3) is 5.09. The molecule has 0 aromatic rings. The third-order valence-electron chi connectivity index (χ3n) is 0.908. The van der Waals surface area contributed by atoms with E-state index in [1.165, 1.54) is 0 Å². The molecule has 0 heterocycles. The second-order valence-electron chi connectivity index (χ2n) is 1.65. The van der Waals surface area contributed by atoms with Crippen LogP contribution in [0.5, 0.6) is 0 Å². The van der Waals surface area contributed by atoms with Crippen molar-refractivity contribution in [3.05, 3.63) is 0 Å². The predicted molar refractivity (Wildman–Crippen MR) is 45.2 cm³/mol. The second kappa shape index (κ2) is 7.38. The summed E-state index contributed by atoms with van der Waals surface area (Å²) in [7, 11) is 0. The molecule has 62 valence electrons. The molecule has 0 bridgehead atoms. The molecule has 0 aliphatic heterocycles. The Morgan fingerprint density at radius 3 is 1.90 bits per heavy atom. The van der Waals surface area contributed by atoms with Crippen molar-refractivity contribution >= 4 is 11.8 Å². The Balaban J connectivity index is 3.30. The minimum absolute atomic E-state index is 0.0556. The normalized spacial score (nSPS) is 10.8. The molecule has 0 saturated heterocycles. The Bertz CT molecular complexity index is 54.4. The Morgan fingerprint density at radius 1 is 1.10 bits per heavy atom. The van der Waals surface area contributed by atoms with E-state index in [4.69, 9.17) is 9.47 Å². The molecular formula is C7H16O2S. The first-order valence-corrected chi connectivity index (χ1v) is 4.74. The van der Waals surface area contributed by atoms with Crippen molar-refractivity contribution in [2.24, 2.45) is 0 Å². The van der Waals surface area contributed by atoms with Crippen molar-refractivity contribution in [2.45, 2.75) is 26.4 Å². The van der Waals surface area contributed by atoms with Gasteiger partial charge in [0, 0.05) is 13.2 Å². The molecule has 0 unspecified atom stereocenters. The van der Waals surface area contributed by atoms with E-state index in [2.05, 4.69) is 6.92 Å². The summed E-state index contributed by atoms with van der Waals surface area (Å²) in [6.45, 7) is 7.48. The summed E-state index contributed by atoms with van der Waals surface area (Å²) in [5, 5.41) is 0. The maximum Gasteiger partial charge on any atom is 0.206 e. The molecule has 0 aromatic carbocycles. The molecule has 2 nitrogen and oxygen atoms in total. The van der Waals surface area contributed by atoms with Gasteiger partial charge in [0.25, 0.3) is 0 Å². The smallest absolute Gasteiger partial charge is 0.206 e. The van der Waals surface area contributed by atoms with E-state index >= 15 is 0 Å². The highest BCUT2D eigenvalue weighted by atomic mass is 32.2. The van der Waals surface area contributed by atoms with Gasteiger partial charge in [0.05, 0.1) is 0 Å². The first-order valence-electron chi connectivity index (χ1n) is 3.69. The van der Waals surface area contributed by atoms with Crippen LogP contribution in [0.25, 0.3) is 0 Å². The number of hydrogen-bond acceptors (Lipinski definition) is 3. The van der Waals surface area contributed by atoms with Crippen LogP contribution in [0.15, 0.2) is 0 Å². The average Bonchev–Trinajstić information content (AvgIpc) is 1.90. The Labute approximate surface area is 67.3 Å². The molecular weight excluding hydrogens is 148 g/mol. The van der Waals surface area contributed by atoms with Crippen LogP contribution in [0, 0.1) is 0 Å². The van der Waals surface area contributed by atoms with Crippen molar-refractivity contribution in [1.82, 2.24) is 0 Å². The minimum atomic E-state index is -0.0556. The molecule has 0 N–H and O–H groups in total. The zero-order chi connectivity index (χ0) is 7.82. The largest absolute Gasteiger partial charge is 0.344 e. The summed E-state index contributed by atoms with van der Waals surface area (Å²) >= 11 is 1.68. The summed E-state index contributed by atoms with van der Waals surface area (Å²) in [5.74, 6) is 1.03. The van der Waals surface area contributed by atoms with Gasteiger partial charge in [0.1, 0.15) is 0 Å². The lowest BCUT2D eigenvalue weighted by Gasteiger charge is -2.14. The molecule has 0 aromatic heterocycles. The number of hydrogen-bond donors (Lipinski definition) is 0. The highest BCUT2D eigenvalue weighted by molar-refractivity contribution is 7.99. The molecule has 0 rings (SSSR count). The fraction of sp³-hybridized carbons (Fsp3) is 1.00. The van der Waals surface area contributed by atoms with Gasteiger partial charge >= 0.3 is 0 Å². The van der Waals surface area contributed by atoms with Crippen LogP contribution in [0.1, 0.15) is 20.8 Å². The molecule has 0 fully saturated rings. The standard InChI is InChI=1S/C7H16O2S/c1-4-8-7(9-5-2)10-6-3/h7H,4-6H2,1-3H3. The number of rotatable bonds is 6. The predicted octanol–water partition coefficient (Wildman–Crippen LogP) is 2.10. The summed E-state index contributed by atoms with van der Waals surface area (Å²) in [6, 6.07) is 0. The van der Waals surface area contributed by atoms with Gasteiger partial charge in [-0.25, -0.2) is 0 Å². The zero-order valence-corrected chi connectivity index (χ0v) is 7.74. The quantitative estimate of drug-likeness (QED) is 0.560. The maximum atomic E-state index is 5.26. The summed E-state index contributed by atoms with van der Waals surface area (Å²) in [6.07, 6.45) is 0. The van der Waals surface area contributed by atoms with Gasteiger partial charge in [-0.15, -0.1) is 11.8 Å². The molecule has 0 saturated carbocycles. The van der Waals surface area contributed by atoms with Crippen LogP contribution in [0.3, 0.4) is 0 Å². The molecule has 0 aliphatic rings. The summed E-state index contributed by atoms with van der Waals surface area (Å²) in [5.41, 5.74) is -0.0556. The van der Waals surface area contributed by atoms with Gasteiger partial charge in [-0.2, -0.15) is 0 Å². The van der Waals surface area contributed by atoms with Gasteiger partial charge < -0.3 is 9.47 Å². The molecule has 3 heteroatoms. The minimum Gasteiger partial charge on any atom is -0.344 e. The van der Waals surface area contributed by atoms with Crippen molar-refractivity contribution < 1.29 is 9.47 Å².